The monoisotopic (exact) mass is 201 g/mol. The summed E-state index contributed by atoms with van der Waals surface area (Å²) in [5.74, 6) is 0.320. The van der Waals surface area contributed by atoms with Crippen LogP contribution in [0, 0.1) is 5.92 Å². The Morgan fingerprint density at radius 3 is 2.62 bits per heavy atom. The molecule has 0 heterocycles. The third-order valence-corrected chi connectivity index (χ3v) is 3.68. The highest BCUT2D eigenvalue weighted by atomic mass is 32.2. The molecule has 0 saturated heterocycles. The topological polar surface area (TPSA) is 29.1 Å². The van der Waals surface area contributed by atoms with Gasteiger partial charge in [0.1, 0.15) is 0 Å². The number of hydrogen-bond donors (Lipinski definition) is 1. The van der Waals surface area contributed by atoms with E-state index in [4.69, 9.17) is 0 Å². The first-order valence-corrected chi connectivity index (χ1v) is 6.25. The summed E-state index contributed by atoms with van der Waals surface area (Å²) in [6.07, 6.45) is 5.71. The highest BCUT2D eigenvalue weighted by Crippen LogP contribution is 2.28. The molecule has 76 valence electrons. The van der Waals surface area contributed by atoms with Gasteiger partial charge in [0.2, 0.25) is 5.91 Å². The molecule has 1 rings (SSSR count). The first kappa shape index (κ1) is 10.9. The van der Waals surface area contributed by atoms with Crippen molar-refractivity contribution in [2.45, 2.75) is 44.4 Å². The van der Waals surface area contributed by atoms with Crippen molar-refractivity contribution in [3.63, 3.8) is 0 Å². The molecule has 2 nitrogen and oxygen atoms in total. The fourth-order valence-corrected chi connectivity index (χ4v) is 2.45. The Balaban J connectivity index is 2.28. The van der Waals surface area contributed by atoms with E-state index in [-0.39, 0.29) is 11.8 Å². The molecule has 1 N–H and O–H groups in total. The summed E-state index contributed by atoms with van der Waals surface area (Å²) in [4.78, 5) is 11.4. The lowest BCUT2D eigenvalue weighted by atomic mass is 10.2. The van der Waals surface area contributed by atoms with Crippen LogP contribution in [0.4, 0.5) is 0 Å². The molecule has 2 unspecified atom stereocenters. The van der Waals surface area contributed by atoms with Crippen LogP contribution in [0.3, 0.4) is 0 Å². The van der Waals surface area contributed by atoms with Gasteiger partial charge in [-0.3, -0.25) is 4.79 Å². The second-order valence-electron chi connectivity index (χ2n) is 4.03. The normalized spacial score (nSPS) is 28.0. The van der Waals surface area contributed by atoms with Crippen LogP contribution in [0.15, 0.2) is 0 Å². The standard InChI is InChI=1S/C10H19NOS/c1-7(2)10(12)11-8-4-5-9(6-8)13-3/h7-9H,4-6H2,1-3H3,(H,11,12). The Morgan fingerprint density at radius 2 is 2.15 bits per heavy atom. The van der Waals surface area contributed by atoms with Gasteiger partial charge in [0, 0.05) is 17.2 Å². The van der Waals surface area contributed by atoms with Crippen LogP contribution >= 0.6 is 11.8 Å². The van der Waals surface area contributed by atoms with Crippen LogP contribution in [-0.2, 0) is 4.79 Å². The molecule has 1 aliphatic carbocycles. The zero-order chi connectivity index (χ0) is 9.84. The van der Waals surface area contributed by atoms with Gasteiger partial charge < -0.3 is 5.32 Å². The first-order valence-electron chi connectivity index (χ1n) is 4.96. The molecule has 0 aromatic heterocycles. The summed E-state index contributed by atoms with van der Waals surface area (Å²) >= 11 is 1.92. The molecule has 1 aliphatic rings. The average Bonchev–Trinajstić information content (AvgIpc) is 2.52. The largest absolute Gasteiger partial charge is 0.353 e. The van der Waals surface area contributed by atoms with Gasteiger partial charge in [-0.05, 0) is 25.5 Å². The smallest absolute Gasteiger partial charge is 0.222 e. The fourth-order valence-electron chi connectivity index (χ4n) is 1.65. The van der Waals surface area contributed by atoms with Gasteiger partial charge in [-0.1, -0.05) is 13.8 Å². The second-order valence-corrected chi connectivity index (χ2v) is 5.17. The van der Waals surface area contributed by atoms with Crippen LogP contribution < -0.4 is 5.32 Å². The van der Waals surface area contributed by atoms with Crippen molar-refractivity contribution in [1.29, 1.82) is 0 Å². The maximum atomic E-state index is 11.4. The van der Waals surface area contributed by atoms with Crippen molar-refractivity contribution in [2.75, 3.05) is 6.26 Å². The number of rotatable bonds is 3. The van der Waals surface area contributed by atoms with Gasteiger partial charge >= 0.3 is 0 Å². The minimum Gasteiger partial charge on any atom is -0.353 e. The van der Waals surface area contributed by atoms with Gasteiger partial charge in [0.25, 0.3) is 0 Å². The second kappa shape index (κ2) is 4.89. The van der Waals surface area contributed by atoms with E-state index in [0.29, 0.717) is 6.04 Å². The Bertz CT molecular complexity index is 182. The highest BCUT2D eigenvalue weighted by Gasteiger charge is 2.25. The lowest BCUT2D eigenvalue weighted by molar-refractivity contribution is -0.124. The molecule has 1 saturated carbocycles. The Kier molecular flexibility index (Phi) is 4.10. The van der Waals surface area contributed by atoms with Gasteiger partial charge in [-0.2, -0.15) is 11.8 Å². The van der Waals surface area contributed by atoms with Crippen molar-refractivity contribution in [1.82, 2.24) is 5.32 Å². The Labute approximate surface area is 84.9 Å². The predicted molar refractivity (Wildman–Crippen MR) is 57.9 cm³/mol. The molecule has 0 spiro atoms. The number of thioether (sulfide) groups is 1. The lowest BCUT2D eigenvalue weighted by Crippen LogP contribution is -2.35. The van der Waals surface area contributed by atoms with E-state index < -0.39 is 0 Å². The van der Waals surface area contributed by atoms with Crippen LogP contribution in [-0.4, -0.2) is 23.5 Å². The Hall–Kier alpha value is -0.180. The van der Waals surface area contributed by atoms with Gasteiger partial charge in [0.15, 0.2) is 0 Å². The van der Waals surface area contributed by atoms with Crippen molar-refractivity contribution in [3.05, 3.63) is 0 Å². The lowest BCUT2D eigenvalue weighted by Gasteiger charge is -2.14. The van der Waals surface area contributed by atoms with E-state index in [1.807, 2.05) is 25.6 Å². The SMILES string of the molecule is CSC1CCC(NC(=O)C(C)C)C1. The molecular formula is C10H19NOS. The third-order valence-electron chi connectivity index (χ3n) is 2.59. The quantitative estimate of drug-likeness (QED) is 0.757. The van der Waals surface area contributed by atoms with Gasteiger partial charge in [-0.15, -0.1) is 0 Å². The molecule has 0 aromatic carbocycles. The van der Waals surface area contributed by atoms with E-state index in [2.05, 4.69) is 11.6 Å². The molecule has 1 amide bonds. The molecule has 0 bridgehead atoms. The zero-order valence-corrected chi connectivity index (χ0v) is 9.49. The minimum atomic E-state index is 0.119. The predicted octanol–water partition coefficient (Wildman–Crippen LogP) is 2.04. The molecule has 0 aromatic rings. The molecule has 0 aliphatic heterocycles. The molecule has 1 fully saturated rings. The van der Waals surface area contributed by atoms with Crippen molar-refractivity contribution in [2.24, 2.45) is 5.92 Å². The fraction of sp³-hybridized carbons (Fsp3) is 0.900. The minimum absolute atomic E-state index is 0.119. The zero-order valence-electron chi connectivity index (χ0n) is 8.67. The van der Waals surface area contributed by atoms with Crippen LogP contribution in [0.5, 0.6) is 0 Å². The first-order chi connectivity index (χ1) is 6.13. The highest BCUT2D eigenvalue weighted by molar-refractivity contribution is 7.99. The van der Waals surface area contributed by atoms with Crippen LogP contribution in [0.25, 0.3) is 0 Å². The van der Waals surface area contributed by atoms with Crippen molar-refractivity contribution < 1.29 is 4.79 Å². The van der Waals surface area contributed by atoms with E-state index in [9.17, 15) is 4.79 Å². The molecule has 13 heavy (non-hydrogen) atoms. The number of hydrogen-bond acceptors (Lipinski definition) is 2. The number of amides is 1. The molecule has 0 radical (unpaired) electrons. The number of carbonyl (C=O) groups is 1. The number of carbonyl (C=O) groups excluding carboxylic acids is 1. The number of nitrogens with one attached hydrogen (secondary N) is 1. The third kappa shape index (κ3) is 3.22. The van der Waals surface area contributed by atoms with E-state index in [1.54, 1.807) is 0 Å². The summed E-state index contributed by atoms with van der Waals surface area (Å²) < 4.78 is 0. The molecular weight excluding hydrogens is 182 g/mol. The average molecular weight is 201 g/mol. The summed E-state index contributed by atoms with van der Waals surface area (Å²) in [6.45, 7) is 3.88. The van der Waals surface area contributed by atoms with Crippen LogP contribution in [0.1, 0.15) is 33.1 Å². The van der Waals surface area contributed by atoms with Crippen molar-refractivity contribution in [3.8, 4) is 0 Å². The molecule has 3 heteroatoms. The van der Waals surface area contributed by atoms with Gasteiger partial charge in [0.05, 0.1) is 0 Å². The maximum Gasteiger partial charge on any atom is 0.222 e. The van der Waals surface area contributed by atoms with Crippen molar-refractivity contribution >= 4 is 17.7 Å². The van der Waals surface area contributed by atoms with Gasteiger partial charge in [-0.25, -0.2) is 0 Å². The summed E-state index contributed by atoms with van der Waals surface area (Å²) in [5, 5.41) is 3.85. The summed E-state index contributed by atoms with van der Waals surface area (Å²) in [5.41, 5.74) is 0. The molecule has 2 atom stereocenters. The van der Waals surface area contributed by atoms with Crippen LogP contribution in [0.2, 0.25) is 0 Å². The van der Waals surface area contributed by atoms with E-state index in [0.717, 1.165) is 18.1 Å². The maximum absolute atomic E-state index is 11.4. The van der Waals surface area contributed by atoms with E-state index >= 15 is 0 Å². The summed E-state index contributed by atoms with van der Waals surface area (Å²) in [7, 11) is 0. The Morgan fingerprint density at radius 1 is 1.46 bits per heavy atom. The summed E-state index contributed by atoms with van der Waals surface area (Å²) in [6, 6.07) is 0.437. The van der Waals surface area contributed by atoms with E-state index in [1.165, 1.54) is 6.42 Å².